The van der Waals surface area contributed by atoms with Gasteiger partial charge in [-0.3, -0.25) is 5.73 Å². The summed E-state index contributed by atoms with van der Waals surface area (Å²) in [7, 11) is 0. The first kappa shape index (κ1) is 9.12. The van der Waals surface area contributed by atoms with Crippen molar-refractivity contribution >= 4 is 17.4 Å². The third kappa shape index (κ3) is 1.79. The Morgan fingerprint density at radius 1 is 1.42 bits per heavy atom. The Hall–Kier alpha value is -0.970. The van der Waals surface area contributed by atoms with E-state index in [1.54, 1.807) is 0 Å². The maximum absolute atomic E-state index is 12.0. The van der Waals surface area contributed by atoms with Gasteiger partial charge in [0.2, 0.25) is 0 Å². The second-order valence-electron chi connectivity index (χ2n) is 2.15. The zero-order valence-corrected chi connectivity index (χ0v) is 6.50. The van der Waals surface area contributed by atoms with Crippen LogP contribution in [-0.2, 0) is 6.18 Å². The van der Waals surface area contributed by atoms with Gasteiger partial charge in [-0.15, -0.1) is 0 Å². The summed E-state index contributed by atoms with van der Waals surface area (Å²) in [6.45, 7) is 0. The van der Waals surface area contributed by atoms with Gasteiger partial charge in [-0.05, 0) is 6.07 Å². The van der Waals surface area contributed by atoms with Gasteiger partial charge in [0.05, 0.1) is 5.56 Å². The summed E-state index contributed by atoms with van der Waals surface area (Å²) in [5.41, 5.74) is 4.33. The number of pyridine rings is 1. The van der Waals surface area contributed by atoms with E-state index in [1.165, 1.54) is 0 Å². The van der Waals surface area contributed by atoms with E-state index in [1.807, 2.05) is 0 Å². The summed E-state index contributed by atoms with van der Waals surface area (Å²) in [5, 5.41) is -0.134. The Balaban J connectivity index is 3.14. The lowest BCUT2D eigenvalue weighted by Crippen LogP contribution is -2.15. The lowest BCUT2D eigenvalue weighted by atomic mass is 10.3. The topological polar surface area (TPSA) is 40.2 Å². The van der Waals surface area contributed by atoms with Gasteiger partial charge in [0.25, 0.3) is 5.82 Å². The molecule has 66 valence electrons. The molecule has 0 aliphatic rings. The molecule has 0 saturated heterocycles. The molecule has 0 atom stereocenters. The summed E-state index contributed by atoms with van der Waals surface area (Å²) in [4.78, 5) is 2.20. The fraction of sp³-hybridized carbons (Fsp3) is 0.167. The van der Waals surface area contributed by atoms with Crippen LogP contribution in [-0.4, -0.2) is 0 Å². The average Bonchev–Trinajstić information content (AvgIpc) is 1.92. The van der Waals surface area contributed by atoms with E-state index in [0.717, 1.165) is 12.3 Å². The number of halogens is 4. The number of rotatable bonds is 0. The van der Waals surface area contributed by atoms with Crippen LogP contribution in [0.3, 0.4) is 0 Å². The van der Waals surface area contributed by atoms with Gasteiger partial charge in [-0.2, -0.15) is 13.2 Å². The number of nitrogen functional groups attached to an aromatic ring is 1. The summed E-state index contributed by atoms with van der Waals surface area (Å²) in [6, 6.07) is 0.771. The largest absolute Gasteiger partial charge is 0.419 e. The molecule has 0 aromatic carbocycles. The lowest BCUT2D eigenvalue weighted by Gasteiger charge is -2.04. The zero-order chi connectivity index (χ0) is 9.35. The van der Waals surface area contributed by atoms with Crippen LogP contribution in [0, 0.1) is 0 Å². The number of nitrogens with two attached hydrogens (primary N) is 1. The molecule has 0 aliphatic carbocycles. The maximum atomic E-state index is 12.0. The van der Waals surface area contributed by atoms with Gasteiger partial charge >= 0.3 is 6.18 Å². The smallest absolute Gasteiger partial charge is 0.286 e. The van der Waals surface area contributed by atoms with Crippen molar-refractivity contribution in [2.24, 2.45) is 0 Å². The molecule has 0 saturated carbocycles. The Bertz CT molecular complexity index is 297. The Labute approximate surface area is 71.2 Å². The normalized spacial score (nSPS) is 11.7. The Morgan fingerprint density at radius 2 is 2.00 bits per heavy atom. The van der Waals surface area contributed by atoms with E-state index in [-0.39, 0.29) is 10.8 Å². The highest BCUT2D eigenvalue weighted by Crippen LogP contribution is 2.30. The van der Waals surface area contributed by atoms with Crippen molar-refractivity contribution in [3.63, 3.8) is 0 Å². The minimum atomic E-state index is -4.39. The number of nitrogens with one attached hydrogen (secondary N) is 1. The van der Waals surface area contributed by atoms with Gasteiger partial charge < -0.3 is 0 Å². The van der Waals surface area contributed by atoms with Crippen molar-refractivity contribution in [1.82, 2.24) is 0 Å². The third-order valence-corrected chi connectivity index (χ3v) is 1.56. The quantitative estimate of drug-likeness (QED) is 0.676. The molecule has 2 nitrogen and oxygen atoms in total. The summed E-state index contributed by atoms with van der Waals surface area (Å²) in [5.74, 6) is 0.0182. The molecule has 0 amide bonds. The van der Waals surface area contributed by atoms with Gasteiger partial charge in [0.15, 0.2) is 0 Å². The lowest BCUT2D eigenvalue weighted by molar-refractivity contribution is -0.363. The molecule has 0 bridgehead atoms. The van der Waals surface area contributed by atoms with E-state index >= 15 is 0 Å². The first-order valence-electron chi connectivity index (χ1n) is 2.95. The average molecular weight is 198 g/mol. The monoisotopic (exact) mass is 197 g/mol. The highest BCUT2D eigenvalue weighted by molar-refractivity contribution is 6.32. The number of anilines is 1. The van der Waals surface area contributed by atoms with Crippen molar-refractivity contribution in [2.75, 3.05) is 5.73 Å². The molecule has 1 aromatic rings. The maximum Gasteiger partial charge on any atom is 0.419 e. The van der Waals surface area contributed by atoms with Gasteiger partial charge in [-0.1, -0.05) is 11.6 Å². The van der Waals surface area contributed by atoms with Crippen molar-refractivity contribution < 1.29 is 18.2 Å². The molecular formula is C6H5ClF3N2+. The van der Waals surface area contributed by atoms with Crippen LogP contribution in [0.2, 0.25) is 5.02 Å². The van der Waals surface area contributed by atoms with Gasteiger partial charge in [-0.25, -0.2) is 4.98 Å². The highest BCUT2D eigenvalue weighted by atomic mass is 35.5. The molecule has 6 heteroatoms. The van der Waals surface area contributed by atoms with Crippen molar-refractivity contribution in [2.45, 2.75) is 6.18 Å². The van der Waals surface area contributed by atoms with Crippen LogP contribution < -0.4 is 10.7 Å². The van der Waals surface area contributed by atoms with Gasteiger partial charge in [0.1, 0.15) is 11.2 Å². The molecule has 3 N–H and O–H groups in total. The van der Waals surface area contributed by atoms with E-state index in [0.29, 0.717) is 0 Å². The summed E-state index contributed by atoms with van der Waals surface area (Å²) in [6.07, 6.45) is -3.63. The van der Waals surface area contributed by atoms with Crippen molar-refractivity contribution in [3.05, 3.63) is 22.8 Å². The van der Waals surface area contributed by atoms with Crippen LogP contribution in [0.5, 0.6) is 0 Å². The van der Waals surface area contributed by atoms with Crippen molar-refractivity contribution in [1.29, 1.82) is 0 Å². The number of alkyl halides is 3. The van der Waals surface area contributed by atoms with Crippen LogP contribution in [0.25, 0.3) is 0 Å². The number of H-pyrrole nitrogens is 1. The molecule has 12 heavy (non-hydrogen) atoms. The van der Waals surface area contributed by atoms with Crippen LogP contribution in [0.1, 0.15) is 5.56 Å². The number of hydrogen-bond acceptors (Lipinski definition) is 1. The molecule has 0 fully saturated rings. The first-order valence-corrected chi connectivity index (χ1v) is 3.33. The second-order valence-corrected chi connectivity index (χ2v) is 2.55. The van der Waals surface area contributed by atoms with E-state index in [9.17, 15) is 13.2 Å². The SMILES string of the molecule is Nc1[nH+]cc(C(F)(F)F)cc1Cl. The fourth-order valence-electron chi connectivity index (χ4n) is 0.644. The zero-order valence-electron chi connectivity index (χ0n) is 5.74. The first-order chi connectivity index (χ1) is 5.41. The van der Waals surface area contributed by atoms with Crippen LogP contribution in [0.15, 0.2) is 12.3 Å². The number of hydrogen-bond donors (Lipinski definition) is 1. The number of aromatic nitrogens is 1. The second kappa shape index (κ2) is 2.82. The molecule has 1 heterocycles. The minimum Gasteiger partial charge on any atom is -0.286 e. The standard InChI is InChI=1S/C6H4ClF3N2/c7-4-1-3(6(8,9)10)2-12-5(4)11/h1-2H,(H2,11,12)/p+1. The van der Waals surface area contributed by atoms with Crippen LogP contribution >= 0.6 is 11.6 Å². The summed E-state index contributed by atoms with van der Waals surface area (Å²) >= 11 is 5.36. The molecular weight excluding hydrogens is 193 g/mol. The Kier molecular flexibility index (Phi) is 2.14. The molecule has 0 spiro atoms. The molecule has 0 unspecified atom stereocenters. The predicted molar refractivity (Wildman–Crippen MR) is 37.4 cm³/mol. The molecule has 1 rings (SSSR count). The molecule has 0 aliphatic heterocycles. The molecule has 0 radical (unpaired) electrons. The van der Waals surface area contributed by atoms with Crippen molar-refractivity contribution in [3.8, 4) is 0 Å². The van der Waals surface area contributed by atoms with Gasteiger partial charge in [0, 0.05) is 0 Å². The Morgan fingerprint density at radius 3 is 2.42 bits per heavy atom. The predicted octanol–water partition coefficient (Wildman–Crippen LogP) is 1.76. The minimum absolute atomic E-state index is 0.0182. The van der Waals surface area contributed by atoms with E-state index < -0.39 is 11.7 Å². The van der Waals surface area contributed by atoms with E-state index in [2.05, 4.69) is 4.98 Å². The number of aromatic amines is 1. The highest BCUT2D eigenvalue weighted by Gasteiger charge is 2.32. The molecule has 1 aromatic heterocycles. The summed E-state index contributed by atoms with van der Waals surface area (Å²) < 4.78 is 35.9. The third-order valence-electron chi connectivity index (χ3n) is 1.25. The fourth-order valence-corrected chi connectivity index (χ4v) is 0.816. The van der Waals surface area contributed by atoms with Crippen LogP contribution in [0.4, 0.5) is 19.0 Å². The van der Waals surface area contributed by atoms with E-state index in [4.69, 9.17) is 17.3 Å².